The quantitative estimate of drug-likeness (QED) is 0.834. The summed E-state index contributed by atoms with van der Waals surface area (Å²) in [7, 11) is 0. The smallest absolute Gasteiger partial charge is 0.303 e. The van der Waals surface area contributed by atoms with Gasteiger partial charge < -0.3 is 15.1 Å². The average molecular weight is 277 g/mol. The van der Waals surface area contributed by atoms with Gasteiger partial charge in [-0.1, -0.05) is 30.3 Å². The first-order valence-corrected chi connectivity index (χ1v) is 7.28. The van der Waals surface area contributed by atoms with Gasteiger partial charge in [-0.2, -0.15) is 0 Å². The number of carboxylic acid groups (broad SMARTS) is 1. The van der Waals surface area contributed by atoms with Crippen LogP contribution in [-0.4, -0.2) is 46.3 Å². The Bertz CT molecular complexity index is 425. The van der Waals surface area contributed by atoms with Crippen molar-refractivity contribution in [2.75, 3.05) is 19.6 Å². The standard InChI is InChI=1S/C16H23NO3/c18-15(19)6-8-16(20)9-12-17(13-10-16)11-7-14-4-2-1-3-5-14/h1-5,20H,6-13H2,(H,18,19). The molecule has 2 rings (SSSR count). The maximum absolute atomic E-state index is 10.6. The van der Waals surface area contributed by atoms with Gasteiger partial charge in [-0.3, -0.25) is 4.79 Å². The molecule has 0 amide bonds. The van der Waals surface area contributed by atoms with Crippen molar-refractivity contribution < 1.29 is 15.0 Å². The van der Waals surface area contributed by atoms with E-state index in [2.05, 4.69) is 29.2 Å². The molecule has 0 aliphatic carbocycles. The molecular weight excluding hydrogens is 254 g/mol. The SMILES string of the molecule is O=C(O)CCC1(O)CCN(CCc2ccccc2)CC1. The predicted octanol–water partition coefficient (Wildman–Crippen LogP) is 1.92. The van der Waals surface area contributed by atoms with Crippen LogP contribution in [-0.2, 0) is 11.2 Å². The highest BCUT2D eigenvalue weighted by atomic mass is 16.4. The summed E-state index contributed by atoms with van der Waals surface area (Å²) in [6.45, 7) is 2.70. The highest BCUT2D eigenvalue weighted by molar-refractivity contribution is 5.66. The molecule has 110 valence electrons. The van der Waals surface area contributed by atoms with E-state index in [0.717, 1.165) is 26.1 Å². The molecule has 0 radical (unpaired) electrons. The monoisotopic (exact) mass is 277 g/mol. The van der Waals surface area contributed by atoms with Crippen LogP contribution in [0.2, 0.25) is 0 Å². The molecular formula is C16H23NO3. The van der Waals surface area contributed by atoms with Gasteiger partial charge in [0.25, 0.3) is 0 Å². The first-order valence-electron chi connectivity index (χ1n) is 7.28. The summed E-state index contributed by atoms with van der Waals surface area (Å²) < 4.78 is 0. The van der Waals surface area contributed by atoms with Crippen LogP contribution in [0, 0.1) is 0 Å². The van der Waals surface area contributed by atoms with E-state index in [1.165, 1.54) is 5.56 Å². The topological polar surface area (TPSA) is 60.8 Å². The minimum absolute atomic E-state index is 0.0561. The van der Waals surface area contributed by atoms with E-state index < -0.39 is 11.6 Å². The number of aliphatic carboxylic acids is 1. The van der Waals surface area contributed by atoms with Gasteiger partial charge in [0.2, 0.25) is 0 Å². The van der Waals surface area contributed by atoms with Crippen LogP contribution in [0.4, 0.5) is 0 Å². The molecule has 1 aromatic rings. The molecule has 2 N–H and O–H groups in total. The Morgan fingerprint density at radius 2 is 1.85 bits per heavy atom. The van der Waals surface area contributed by atoms with Crippen LogP contribution >= 0.6 is 0 Å². The number of piperidine rings is 1. The van der Waals surface area contributed by atoms with E-state index in [0.29, 0.717) is 19.3 Å². The second-order valence-corrected chi connectivity index (χ2v) is 5.70. The molecule has 1 fully saturated rings. The van der Waals surface area contributed by atoms with Crippen molar-refractivity contribution in [3.05, 3.63) is 35.9 Å². The van der Waals surface area contributed by atoms with Crippen molar-refractivity contribution in [3.63, 3.8) is 0 Å². The molecule has 4 heteroatoms. The maximum atomic E-state index is 10.6. The second-order valence-electron chi connectivity index (χ2n) is 5.70. The highest BCUT2D eigenvalue weighted by Crippen LogP contribution is 2.26. The highest BCUT2D eigenvalue weighted by Gasteiger charge is 2.32. The van der Waals surface area contributed by atoms with Crippen LogP contribution in [0.3, 0.4) is 0 Å². The van der Waals surface area contributed by atoms with Crippen molar-refractivity contribution in [1.82, 2.24) is 4.90 Å². The maximum Gasteiger partial charge on any atom is 0.303 e. The summed E-state index contributed by atoms with van der Waals surface area (Å²) in [5, 5.41) is 19.0. The van der Waals surface area contributed by atoms with Gasteiger partial charge >= 0.3 is 5.97 Å². The van der Waals surface area contributed by atoms with E-state index in [9.17, 15) is 9.90 Å². The Morgan fingerprint density at radius 3 is 2.45 bits per heavy atom. The third-order valence-electron chi connectivity index (χ3n) is 4.15. The van der Waals surface area contributed by atoms with Gasteiger partial charge in [0.1, 0.15) is 0 Å². The lowest BCUT2D eigenvalue weighted by atomic mass is 9.87. The molecule has 0 unspecified atom stereocenters. The Balaban J connectivity index is 1.72. The summed E-state index contributed by atoms with van der Waals surface area (Å²) >= 11 is 0. The zero-order valence-corrected chi connectivity index (χ0v) is 11.8. The minimum atomic E-state index is -0.829. The molecule has 0 spiro atoms. The van der Waals surface area contributed by atoms with Crippen molar-refractivity contribution >= 4 is 5.97 Å². The predicted molar refractivity (Wildman–Crippen MR) is 77.6 cm³/mol. The largest absolute Gasteiger partial charge is 0.481 e. The van der Waals surface area contributed by atoms with Crippen LogP contribution in [0.1, 0.15) is 31.2 Å². The number of carboxylic acids is 1. The van der Waals surface area contributed by atoms with Gasteiger partial charge in [0, 0.05) is 26.1 Å². The molecule has 20 heavy (non-hydrogen) atoms. The van der Waals surface area contributed by atoms with Crippen molar-refractivity contribution in [3.8, 4) is 0 Å². The van der Waals surface area contributed by atoms with Crippen LogP contribution in [0.5, 0.6) is 0 Å². The van der Waals surface area contributed by atoms with Crippen LogP contribution in [0.25, 0.3) is 0 Å². The number of hydrogen-bond acceptors (Lipinski definition) is 3. The van der Waals surface area contributed by atoms with E-state index >= 15 is 0 Å². The third-order valence-corrected chi connectivity index (χ3v) is 4.15. The molecule has 0 aromatic heterocycles. The molecule has 0 bridgehead atoms. The lowest BCUT2D eigenvalue weighted by Gasteiger charge is -2.38. The summed E-state index contributed by atoms with van der Waals surface area (Å²) in [4.78, 5) is 12.9. The zero-order chi connectivity index (χ0) is 14.4. The van der Waals surface area contributed by atoms with Gasteiger partial charge in [-0.05, 0) is 31.2 Å². The normalized spacial score (nSPS) is 18.9. The van der Waals surface area contributed by atoms with E-state index in [1.54, 1.807) is 0 Å². The zero-order valence-electron chi connectivity index (χ0n) is 11.8. The fraction of sp³-hybridized carbons (Fsp3) is 0.562. The average Bonchev–Trinajstić information content (AvgIpc) is 2.46. The minimum Gasteiger partial charge on any atom is -0.481 e. The lowest BCUT2D eigenvalue weighted by molar-refractivity contribution is -0.139. The number of hydrogen-bond donors (Lipinski definition) is 2. The molecule has 1 aliphatic heterocycles. The summed E-state index contributed by atoms with van der Waals surface area (Å²) in [6, 6.07) is 10.4. The number of carbonyl (C=O) groups is 1. The van der Waals surface area contributed by atoms with E-state index in [4.69, 9.17) is 5.11 Å². The van der Waals surface area contributed by atoms with Crippen molar-refractivity contribution in [2.24, 2.45) is 0 Å². The molecule has 1 saturated heterocycles. The molecule has 1 aromatic carbocycles. The summed E-state index contributed by atoms with van der Waals surface area (Å²) in [5.74, 6) is -0.829. The molecule has 4 nitrogen and oxygen atoms in total. The Hall–Kier alpha value is -1.39. The Kier molecular flexibility index (Phi) is 5.15. The second kappa shape index (κ2) is 6.86. The van der Waals surface area contributed by atoms with Gasteiger partial charge in [-0.25, -0.2) is 0 Å². The summed E-state index contributed by atoms with van der Waals surface area (Å²) in [5.41, 5.74) is 0.556. The Morgan fingerprint density at radius 1 is 1.20 bits per heavy atom. The fourth-order valence-corrected chi connectivity index (χ4v) is 2.71. The third kappa shape index (κ3) is 4.62. The van der Waals surface area contributed by atoms with Crippen molar-refractivity contribution in [1.29, 1.82) is 0 Å². The number of aliphatic hydroxyl groups is 1. The number of likely N-dealkylation sites (tertiary alicyclic amines) is 1. The van der Waals surface area contributed by atoms with Gasteiger partial charge in [0.05, 0.1) is 5.60 Å². The van der Waals surface area contributed by atoms with Crippen molar-refractivity contribution in [2.45, 2.75) is 37.7 Å². The first-order chi connectivity index (χ1) is 9.57. The van der Waals surface area contributed by atoms with Crippen LogP contribution in [0.15, 0.2) is 30.3 Å². The fourth-order valence-electron chi connectivity index (χ4n) is 2.71. The number of benzene rings is 1. The first kappa shape index (κ1) is 15.0. The lowest BCUT2D eigenvalue weighted by Crippen LogP contribution is -2.45. The molecule has 1 aliphatic rings. The van der Waals surface area contributed by atoms with E-state index in [1.807, 2.05) is 6.07 Å². The van der Waals surface area contributed by atoms with E-state index in [-0.39, 0.29) is 6.42 Å². The van der Waals surface area contributed by atoms with Gasteiger partial charge in [0.15, 0.2) is 0 Å². The summed E-state index contributed by atoms with van der Waals surface area (Å²) in [6.07, 6.45) is 2.80. The molecule has 0 atom stereocenters. The van der Waals surface area contributed by atoms with Gasteiger partial charge in [-0.15, -0.1) is 0 Å². The number of rotatable bonds is 6. The molecule has 1 heterocycles. The Labute approximate surface area is 120 Å². The van der Waals surface area contributed by atoms with Crippen LogP contribution < -0.4 is 0 Å². The molecule has 0 saturated carbocycles. The number of nitrogens with zero attached hydrogens (tertiary/aromatic N) is 1.